The molecule has 2 aromatic carbocycles. The highest BCUT2D eigenvalue weighted by molar-refractivity contribution is 8.00. The number of nitrogens with one attached hydrogen (secondary N) is 2. The lowest BCUT2D eigenvalue weighted by Gasteiger charge is -2.12. The average molecular weight is 437 g/mol. The second-order valence-electron chi connectivity index (χ2n) is 7.39. The lowest BCUT2D eigenvalue weighted by atomic mass is 10.1. The number of carbonyl (C=O) groups excluding carboxylic acids is 1. The van der Waals surface area contributed by atoms with E-state index >= 15 is 0 Å². The number of H-pyrrole nitrogens is 1. The molecular weight excluding hydrogens is 412 g/mol. The molecule has 1 amide bonds. The number of methoxy groups -OCH3 is 2. The van der Waals surface area contributed by atoms with Gasteiger partial charge in [-0.05, 0) is 38.0 Å². The topological polar surface area (TPSA) is 89.1 Å². The molecule has 2 heterocycles. The maximum Gasteiger partial charge on any atom is 0.234 e. The molecule has 31 heavy (non-hydrogen) atoms. The number of thioether (sulfide) groups is 1. The van der Waals surface area contributed by atoms with Gasteiger partial charge in [-0.3, -0.25) is 4.79 Å². The summed E-state index contributed by atoms with van der Waals surface area (Å²) in [6.07, 6.45) is 1.51. The normalized spacial score (nSPS) is 11.1. The van der Waals surface area contributed by atoms with E-state index < -0.39 is 0 Å². The summed E-state index contributed by atoms with van der Waals surface area (Å²) in [5, 5.41) is 4.66. The van der Waals surface area contributed by atoms with Crippen LogP contribution in [0.4, 0.5) is 5.69 Å². The molecule has 0 aliphatic heterocycles. The molecule has 0 bridgehead atoms. The van der Waals surface area contributed by atoms with Gasteiger partial charge in [0.2, 0.25) is 5.91 Å². The molecule has 0 fully saturated rings. The van der Waals surface area contributed by atoms with Gasteiger partial charge >= 0.3 is 0 Å². The van der Waals surface area contributed by atoms with E-state index in [1.54, 1.807) is 14.2 Å². The first kappa shape index (κ1) is 21.0. The van der Waals surface area contributed by atoms with Crippen LogP contribution in [0.1, 0.15) is 16.7 Å². The lowest BCUT2D eigenvalue weighted by molar-refractivity contribution is -0.113. The van der Waals surface area contributed by atoms with Crippen molar-refractivity contribution in [1.29, 1.82) is 0 Å². The molecule has 2 N–H and O–H groups in total. The van der Waals surface area contributed by atoms with E-state index in [1.165, 1.54) is 23.7 Å². The minimum Gasteiger partial charge on any atom is -0.493 e. The molecule has 4 rings (SSSR count). The summed E-state index contributed by atoms with van der Waals surface area (Å²) in [6, 6.07) is 7.90. The number of rotatable bonds is 6. The van der Waals surface area contributed by atoms with Crippen molar-refractivity contribution in [2.45, 2.75) is 25.8 Å². The summed E-state index contributed by atoms with van der Waals surface area (Å²) in [6.45, 7) is 6.06. The van der Waals surface area contributed by atoms with Gasteiger partial charge in [0.1, 0.15) is 16.9 Å². The number of ether oxygens (including phenoxy) is 2. The average Bonchev–Trinajstić information content (AvgIpc) is 3.11. The Morgan fingerprint density at radius 3 is 2.39 bits per heavy atom. The van der Waals surface area contributed by atoms with Gasteiger partial charge in [0.05, 0.1) is 31.0 Å². The molecule has 0 saturated heterocycles. The molecule has 0 aliphatic rings. The fourth-order valence-corrected chi connectivity index (χ4v) is 4.55. The van der Waals surface area contributed by atoms with Crippen LogP contribution in [-0.2, 0) is 4.79 Å². The first-order valence-corrected chi connectivity index (χ1v) is 10.8. The Hall–Kier alpha value is -3.26. The van der Waals surface area contributed by atoms with Crippen LogP contribution >= 0.6 is 11.8 Å². The third kappa shape index (κ3) is 4.03. The number of aromatic amines is 1. The second kappa shape index (κ2) is 8.47. The minimum atomic E-state index is -0.0775. The largest absolute Gasteiger partial charge is 0.493 e. The number of fused-ring (bicyclic) bond motifs is 3. The van der Waals surface area contributed by atoms with Crippen molar-refractivity contribution >= 4 is 45.3 Å². The Kier molecular flexibility index (Phi) is 5.73. The molecule has 2 aromatic heterocycles. The zero-order valence-electron chi connectivity index (χ0n) is 18.1. The summed E-state index contributed by atoms with van der Waals surface area (Å²) < 4.78 is 10.8. The summed E-state index contributed by atoms with van der Waals surface area (Å²) in [5.41, 5.74) is 6.59. The predicted octanol–water partition coefficient (Wildman–Crippen LogP) is 4.78. The number of benzene rings is 2. The van der Waals surface area contributed by atoms with Crippen LogP contribution in [0.2, 0.25) is 0 Å². The lowest BCUT2D eigenvalue weighted by Crippen LogP contribution is -2.16. The van der Waals surface area contributed by atoms with Crippen LogP contribution in [0.3, 0.4) is 0 Å². The van der Waals surface area contributed by atoms with E-state index in [9.17, 15) is 4.79 Å². The zero-order chi connectivity index (χ0) is 22.1. The van der Waals surface area contributed by atoms with Crippen LogP contribution in [0.25, 0.3) is 21.9 Å². The van der Waals surface area contributed by atoms with Crippen molar-refractivity contribution in [2.24, 2.45) is 0 Å². The van der Waals surface area contributed by atoms with Gasteiger partial charge in [0, 0.05) is 17.1 Å². The summed E-state index contributed by atoms with van der Waals surface area (Å²) >= 11 is 1.37. The highest BCUT2D eigenvalue weighted by Gasteiger charge is 2.16. The molecule has 8 heteroatoms. The second-order valence-corrected chi connectivity index (χ2v) is 8.35. The van der Waals surface area contributed by atoms with Crippen molar-refractivity contribution in [3.8, 4) is 11.5 Å². The maximum absolute atomic E-state index is 12.6. The van der Waals surface area contributed by atoms with Crippen molar-refractivity contribution < 1.29 is 14.3 Å². The number of nitrogens with zero attached hydrogens (tertiary/aromatic N) is 2. The van der Waals surface area contributed by atoms with Crippen molar-refractivity contribution in [1.82, 2.24) is 15.0 Å². The third-order valence-electron chi connectivity index (χ3n) is 5.13. The maximum atomic E-state index is 12.6. The Morgan fingerprint density at radius 1 is 1.03 bits per heavy atom. The molecule has 0 spiro atoms. The molecule has 0 aliphatic carbocycles. The Morgan fingerprint density at radius 2 is 1.71 bits per heavy atom. The van der Waals surface area contributed by atoms with Crippen molar-refractivity contribution in [2.75, 3.05) is 25.3 Å². The van der Waals surface area contributed by atoms with Gasteiger partial charge in [0.15, 0.2) is 11.5 Å². The molecule has 0 atom stereocenters. The minimum absolute atomic E-state index is 0.0775. The van der Waals surface area contributed by atoms with E-state index in [4.69, 9.17) is 9.47 Å². The number of carbonyl (C=O) groups is 1. The fourth-order valence-electron chi connectivity index (χ4n) is 3.80. The van der Waals surface area contributed by atoms with Crippen LogP contribution in [0.5, 0.6) is 11.5 Å². The number of aromatic nitrogens is 3. The van der Waals surface area contributed by atoms with E-state index in [-0.39, 0.29) is 11.7 Å². The van der Waals surface area contributed by atoms with E-state index in [2.05, 4.69) is 32.4 Å². The van der Waals surface area contributed by atoms with Gasteiger partial charge in [-0.15, -0.1) is 0 Å². The highest BCUT2D eigenvalue weighted by Crippen LogP contribution is 2.37. The quantitative estimate of drug-likeness (QED) is 0.334. The molecule has 7 nitrogen and oxygen atoms in total. The van der Waals surface area contributed by atoms with Gasteiger partial charge < -0.3 is 19.8 Å². The molecule has 0 saturated carbocycles. The number of amides is 1. The van der Waals surface area contributed by atoms with Crippen LogP contribution in [-0.4, -0.2) is 40.8 Å². The zero-order valence-corrected chi connectivity index (χ0v) is 18.9. The fraction of sp³-hybridized carbons (Fsp3) is 0.261. The van der Waals surface area contributed by atoms with E-state index in [0.29, 0.717) is 16.5 Å². The Labute approximate surface area is 184 Å². The van der Waals surface area contributed by atoms with Crippen LogP contribution in [0.15, 0.2) is 35.6 Å². The Bertz CT molecular complexity index is 1280. The third-order valence-corrected chi connectivity index (χ3v) is 6.12. The molecule has 0 radical (unpaired) electrons. The van der Waals surface area contributed by atoms with Gasteiger partial charge in [-0.2, -0.15) is 0 Å². The summed E-state index contributed by atoms with van der Waals surface area (Å²) in [4.78, 5) is 24.8. The van der Waals surface area contributed by atoms with E-state index in [0.717, 1.165) is 38.8 Å². The summed E-state index contributed by atoms with van der Waals surface area (Å²) in [7, 11) is 3.20. The molecular formula is C23H24N4O3S. The first-order valence-electron chi connectivity index (χ1n) is 9.80. The highest BCUT2D eigenvalue weighted by atomic mass is 32.2. The van der Waals surface area contributed by atoms with Crippen molar-refractivity contribution in [3.63, 3.8) is 0 Å². The number of hydrogen-bond acceptors (Lipinski definition) is 6. The van der Waals surface area contributed by atoms with Crippen molar-refractivity contribution in [3.05, 3.63) is 47.3 Å². The SMILES string of the molecule is COc1cc2[nH]c3c(SCC(=O)Nc4c(C)cc(C)cc4C)ncnc3c2cc1OC. The van der Waals surface area contributed by atoms with Gasteiger partial charge in [-0.25, -0.2) is 9.97 Å². The van der Waals surface area contributed by atoms with Gasteiger partial charge in [-0.1, -0.05) is 29.5 Å². The smallest absolute Gasteiger partial charge is 0.234 e. The molecule has 160 valence electrons. The standard InChI is InChI=1S/C23H24N4O3S/c1-12-6-13(2)20(14(3)7-12)27-19(28)10-31-23-22-21(24-11-25-23)15-8-17(29-4)18(30-5)9-16(15)26-22/h6-9,11,26H,10H2,1-5H3,(H,27,28). The van der Waals surface area contributed by atoms with Crippen LogP contribution < -0.4 is 14.8 Å². The number of hydrogen-bond donors (Lipinski definition) is 2. The summed E-state index contributed by atoms with van der Waals surface area (Å²) in [5.74, 6) is 1.42. The molecule has 0 unspecified atom stereocenters. The number of anilines is 1. The van der Waals surface area contributed by atoms with E-state index in [1.807, 2.05) is 32.9 Å². The number of aryl methyl sites for hydroxylation is 3. The monoisotopic (exact) mass is 436 g/mol. The van der Waals surface area contributed by atoms with Crippen LogP contribution in [0, 0.1) is 20.8 Å². The Balaban J connectivity index is 1.59. The molecule has 4 aromatic rings. The predicted molar refractivity (Wildman–Crippen MR) is 125 cm³/mol. The van der Waals surface area contributed by atoms with Gasteiger partial charge in [0.25, 0.3) is 0 Å². The first-order chi connectivity index (χ1) is 14.9.